The predicted molar refractivity (Wildman–Crippen MR) is 85.4 cm³/mol. The molecule has 1 aliphatic heterocycles. The van der Waals surface area contributed by atoms with Crippen LogP contribution in [-0.2, 0) is 4.79 Å². The van der Waals surface area contributed by atoms with E-state index >= 15 is 0 Å². The summed E-state index contributed by atoms with van der Waals surface area (Å²) in [6.45, 7) is 0.330. The molecule has 9 heteroatoms. The van der Waals surface area contributed by atoms with Gasteiger partial charge < -0.3 is 15.3 Å². The van der Waals surface area contributed by atoms with Gasteiger partial charge in [-0.1, -0.05) is 0 Å². The van der Waals surface area contributed by atoms with E-state index < -0.39 is 23.7 Å². The lowest BCUT2D eigenvalue weighted by Crippen LogP contribution is -2.56. The number of likely N-dealkylation sites (tertiary alicyclic amines) is 1. The van der Waals surface area contributed by atoms with Crippen molar-refractivity contribution in [2.45, 2.75) is 37.1 Å². The molecule has 25 heavy (non-hydrogen) atoms. The van der Waals surface area contributed by atoms with Crippen LogP contribution < -0.4 is 5.32 Å². The lowest BCUT2D eigenvalue weighted by Gasteiger charge is -2.36. The summed E-state index contributed by atoms with van der Waals surface area (Å²) in [7, 11) is 0. The number of alkyl halides is 1. The number of H-pyrrole nitrogens is 1. The molecule has 2 aromatic rings. The third-order valence-electron chi connectivity index (χ3n) is 4.86. The molecule has 3 N–H and O–H groups in total. The van der Waals surface area contributed by atoms with Gasteiger partial charge in [0.05, 0.1) is 29.3 Å². The van der Waals surface area contributed by atoms with Crippen LogP contribution in [0.2, 0.25) is 0 Å². The maximum atomic E-state index is 13.9. The Balaban J connectivity index is 1.42. The van der Waals surface area contributed by atoms with E-state index in [0.29, 0.717) is 29.6 Å². The maximum absolute atomic E-state index is 13.9. The Bertz CT molecular complexity index is 834. The van der Waals surface area contributed by atoms with Crippen LogP contribution in [0.15, 0.2) is 18.5 Å². The Morgan fingerprint density at radius 2 is 2.24 bits per heavy atom. The Morgan fingerprint density at radius 3 is 2.96 bits per heavy atom. The average molecular weight is 347 g/mol. The molecule has 2 aliphatic rings. The molecule has 2 aromatic heterocycles. The number of rotatable bonds is 3. The fourth-order valence-corrected chi connectivity index (χ4v) is 3.19. The lowest BCUT2D eigenvalue weighted by molar-refractivity contribution is -0.141. The van der Waals surface area contributed by atoms with Crippen molar-refractivity contribution in [1.82, 2.24) is 25.4 Å². The van der Waals surface area contributed by atoms with Gasteiger partial charge in [-0.2, -0.15) is 5.10 Å². The van der Waals surface area contributed by atoms with Gasteiger partial charge in [0.1, 0.15) is 0 Å². The number of aromatic nitrogens is 3. The van der Waals surface area contributed by atoms with Gasteiger partial charge in [0.2, 0.25) is 0 Å². The number of halogens is 1. The predicted octanol–water partition coefficient (Wildman–Crippen LogP) is 0.152. The molecular formula is C16H18FN5O3. The number of carbonyl (C=O) groups is 2. The normalized spacial score (nSPS) is 25.0. The summed E-state index contributed by atoms with van der Waals surface area (Å²) in [6.07, 6.45) is 2.96. The first-order chi connectivity index (χ1) is 12.0. The van der Waals surface area contributed by atoms with Crippen LogP contribution in [0.1, 0.15) is 29.6 Å². The molecule has 0 bridgehead atoms. The quantitative estimate of drug-likeness (QED) is 0.732. The molecule has 4 rings (SSSR count). The first kappa shape index (κ1) is 15.9. The number of β-amino-alcohol motifs (C(OH)–C–C–N with tert-alkyl or cyclic N) is 1. The Labute approximate surface area is 142 Å². The molecule has 1 saturated carbocycles. The van der Waals surface area contributed by atoms with Gasteiger partial charge in [-0.05, 0) is 25.3 Å². The van der Waals surface area contributed by atoms with E-state index in [2.05, 4.69) is 20.5 Å². The number of aliphatic hydroxyl groups is 1. The van der Waals surface area contributed by atoms with Crippen molar-refractivity contribution < 1.29 is 19.1 Å². The van der Waals surface area contributed by atoms with Gasteiger partial charge in [-0.3, -0.25) is 14.7 Å². The summed E-state index contributed by atoms with van der Waals surface area (Å²) in [4.78, 5) is 30.0. The zero-order chi connectivity index (χ0) is 17.6. The average Bonchev–Trinajstić information content (AvgIpc) is 3.17. The van der Waals surface area contributed by atoms with Crippen LogP contribution >= 0.6 is 0 Å². The van der Waals surface area contributed by atoms with Crippen molar-refractivity contribution in [2.24, 2.45) is 0 Å². The number of aromatic amines is 1. The third kappa shape index (κ3) is 2.84. The molecule has 8 nitrogen and oxygen atoms in total. The number of carbonyl (C=O) groups excluding carboxylic acids is 2. The summed E-state index contributed by atoms with van der Waals surface area (Å²) >= 11 is 0. The van der Waals surface area contributed by atoms with E-state index in [0.717, 1.165) is 0 Å². The summed E-state index contributed by atoms with van der Waals surface area (Å²) in [5, 5.41) is 20.2. The SMILES string of the molecule is O=C(NC1CCN(C(=O)C2(F)CC2)CC1O)c1ccnc2[nH]ncc12. The molecule has 132 valence electrons. The number of hydrogen-bond donors (Lipinski definition) is 3. The zero-order valence-electron chi connectivity index (χ0n) is 13.4. The van der Waals surface area contributed by atoms with Crippen LogP contribution in [0.25, 0.3) is 11.0 Å². The molecule has 0 spiro atoms. The Hall–Kier alpha value is -2.55. The molecule has 2 atom stereocenters. The second-order valence-electron chi connectivity index (χ2n) is 6.64. The summed E-state index contributed by atoms with van der Waals surface area (Å²) in [5.74, 6) is -0.896. The minimum atomic E-state index is -1.74. The molecule has 3 heterocycles. The number of hydrogen-bond acceptors (Lipinski definition) is 5. The van der Waals surface area contributed by atoms with Crippen LogP contribution in [0.5, 0.6) is 0 Å². The monoisotopic (exact) mass is 347 g/mol. The Morgan fingerprint density at radius 1 is 1.44 bits per heavy atom. The number of pyridine rings is 1. The fourth-order valence-electron chi connectivity index (χ4n) is 3.19. The molecule has 0 radical (unpaired) electrons. The van der Waals surface area contributed by atoms with Gasteiger partial charge in [0, 0.05) is 19.3 Å². The van der Waals surface area contributed by atoms with Crippen molar-refractivity contribution in [3.05, 3.63) is 24.0 Å². The van der Waals surface area contributed by atoms with Crippen LogP contribution in [0, 0.1) is 0 Å². The molecule has 1 saturated heterocycles. The molecule has 2 unspecified atom stereocenters. The summed E-state index contributed by atoms with van der Waals surface area (Å²) < 4.78 is 13.9. The second-order valence-corrected chi connectivity index (χ2v) is 6.64. The van der Waals surface area contributed by atoms with E-state index in [1.165, 1.54) is 17.3 Å². The smallest absolute Gasteiger partial charge is 0.260 e. The number of nitrogens with one attached hydrogen (secondary N) is 2. The number of amides is 2. The largest absolute Gasteiger partial charge is 0.389 e. The van der Waals surface area contributed by atoms with Crippen LogP contribution in [-0.4, -0.2) is 67.9 Å². The fraction of sp³-hybridized carbons (Fsp3) is 0.500. The highest BCUT2D eigenvalue weighted by atomic mass is 19.1. The topological polar surface area (TPSA) is 111 Å². The number of fused-ring (bicyclic) bond motifs is 1. The van der Waals surface area contributed by atoms with Gasteiger partial charge in [0.25, 0.3) is 11.8 Å². The first-order valence-electron chi connectivity index (χ1n) is 8.23. The Kier molecular flexibility index (Phi) is 3.68. The maximum Gasteiger partial charge on any atom is 0.260 e. The standard InChI is InChI=1S/C16H18FN5O3/c17-16(3-4-16)15(25)22-6-2-11(12(23)8-22)20-14(24)9-1-5-18-13-10(9)7-19-21-13/h1,5,7,11-12,23H,2-4,6,8H2,(H,20,24)(H,18,19,21). The van der Waals surface area contributed by atoms with E-state index in [4.69, 9.17) is 0 Å². The molecule has 0 aromatic carbocycles. The molecule has 2 amide bonds. The minimum Gasteiger partial charge on any atom is -0.389 e. The van der Waals surface area contributed by atoms with Gasteiger partial charge in [-0.15, -0.1) is 0 Å². The first-order valence-corrected chi connectivity index (χ1v) is 8.23. The van der Waals surface area contributed by atoms with E-state index in [1.807, 2.05) is 0 Å². The molecule has 1 aliphatic carbocycles. The third-order valence-corrected chi connectivity index (χ3v) is 4.86. The minimum absolute atomic E-state index is 0.0208. The van der Waals surface area contributed by atoms with Crippen molar-refractivity contribution in [1.29, 1.82) is 0 Å². The van der Waals surface area contributed by atoms with Crippen LogP contribution in [0.4, 0.5) is 4.39 Å². The second kappa shape index (κ2) is 5.76. The molecular weight excluding hydrogens is 329 g/mol. The van der Waals surface area contributed by atoms with E-state index in [-0.39, 0.29) is 25.3 Å². The summed E-state index contributed by atoms with van der Waals surface area (Å²) in [5.41, 5.74) is -0.823. The highest BCUT2D eigenvalue weighted by Gasteiger charge is 2.53. The molecule has 2 fully saturated rings. The van der Waals surface area contributed by atoms with Gasteiger partial charge >= 0.3 is 0 Å². The van der Waals surface area contributed by atoms with E-state index in [1.54, 1.807) is 6.07 Å². The lowest BCUT2D eigenvalue weighted by atomic mass is 10.0. The van der Waals surface area contributed by atoms with Crippen molar-refractivity contribution in [2.75, 3.05) is 13.1 Å². The summed E-state index contributed by atoms with van der Waals surface area (Å²) in [6, 6.07) is 1.08. The zero-order valence-corrected chi connectivity index (χ0v) is 13.4. The van der Waals surface area contributed by atoms with Crippen molar-refractivity contribution in [3.8, 4) is 0 Å². The highest BCUT2D eigenvalue weighted by Crippen LogP contribution is 2.41. The number of nitrogens with zero attached hydrogens (tertiary/aromatic N) is 3. The van der Waals surface area contributed by atoms with Crippen molar-refractivity contribution >= 4 is 22.8 Å². The number of aliphatic hydroxyl groups excluding tert-OH is 1. The van der Waals surface area contributed by atoms with Gasteiger partial charge in [-0.25, -0.2) is 9.37 Å². The van der Waals surface area contributed by atoms with E-state index in [9.17, 15) is 19.1 Å². The van der Waals surface area contributed by atoms with Crippen LogP contribution in [0.3, 0.4) is 0 Å². The van der Waals surface area contributed by atoms with Gasteiger partial charge in [0.15, 0.2) is 11.3 Å². The highest BCUT2D eigenvalue weighted by molar-refractivity contribution is 6.05. The van der Waals surface area contributed by atoms with Crippen molar-refractivity contribution in [3.63, 3.8) is 0 Å². The number of piperidine rings is 1.